The normalized spacial score (nSPS) is 11.7. The first kappa shape index (κ1) is 6.24. The van der Waals surface area contributed by atoms with E-state index in [0.717, 1.165) is 12.7 Å². The van der Waals surface area contributed by atoms with Crippen LogP contribution in [0.4, 0.5) is 0 Å². The minimum absolute atomic E-state index is 0.248. The second-order valence-corrected chi connectivity index (χ2v) is 2.88. The van der Waals surface area contributed by atoms with Crippen LogP contribution in [0.2, 0.25) is 0 Å². The van der Waals surface area contributed by atoms with Crippen LogP contribution in [-0.2, 0) is 10.0 Å². The topological polar surface area (TPSA) is 86.2 Å². The third-order valence-electron chi connectivity index (χ3n) is 0.701. The third-order valence-corrected chi connectivity index (χ3v) is 1.49. The summed E-state index contributed by atoms with van der Waals surface area (Å²) in [5, 5.41) is 4.40. The molecule has 1 aromatic heterocycles. The Kier molecular flexibility index (Phi) is 1.26. The lowest BCUT2D eigenvalue weighted by Gasteiger charge is -1.83. The highest BCUT2D eigenvalue weighted by Crippen LogP contribution is 1.99. The lowest BCUT2D eigenvalue weighted by Crippen LogP contribution is -2.12. The van der Waals surface area contributed by atoms with E-state index in [9.17, 15) is 8.42 Å². The van der Waals surface area contributed by atoms with Gasteiger partial charge in [0.05, 0.1) is 0 Å². The molecule has 0 fully saturated rings. The quantitative estimate of drug-likeness (QED) is 0.571. The van der Waals surface area contributed by atoms with Crippen molar-refractivity contribution in [3.8, 4) is 0 Å². The van der Waals surface area contributed by atoms with Gasteiger partial charge in [-0.15, -0.1) is 0 Å². The number of aromatic nitrogens is 1. The van der Waals surface area contributed by atoms with Crippen LogP contribution in [0.1, 0.15) is 0 Å². The Hall–Kier alpha value is -0.880. The molecular weight excluding hydrogens is 144 g/mol. The number of hydrogen-bond donors (Lipinski definition) is 1. The number of sulfonamides is 1. The summed E-state index contributed by atoms with van der Waals surface area (Å²) in [5.41, 5.74) is 0. The van der Waals surface area contributed by atoms with Crippen molar-refractivity contribution in [2.24, 2.45) is 5.14 Å². The molecule has 0 radical (unpaired) electrons. The Labute approximate surface area is 51.5 Å². The molecule has 0 bridgehead atoms. The van der Waals surface area contributed by atoms with E-state index in [1.165, 1.54) is 0 Å². The lowest BCUT2D eigenvalue weighted by molar-refractivity contribution is 0.552. The maximum Gasteiger partial charge on any atom is 0.258 e. The Morgan fingerprint density at radius 1 is 1.67 bits per heavy atom. The molecule has 1 heterocycles. The fourth-order valence-corrected chi connectivity index (χ4v) is 0.722. The van der Waals surface area contributed by atoms with E-state index >= 15 is 0 Å². The zero-order chi connectivity index (χ0) is 6.91. The number of hydrogen-bond acceptors (Lipinski definition) is 4. The maximum absolute atomic E-state index is 10.3. The summed E-state index contributed by atoms with van der Waals surface area (Å²) in [4.78, 5) is 3.31. The van der Waals surface area contributed by atoms with Crippen molar-refractivity contribution in [1.82, 2.24) is 4.98 Å². The molecule has 0 saturated heterocycles. The maximum atomic E-state index is 10.3. The van der Waals surface area contributed by atoms with Crippen molar-refractivity contribution >= 4 is 10.0 Å². The van der Waals surface area contributed by atoms with Gasteiger partial charge >= 0.3 is 0 Å². The molecule has 2 N–H and O–H groups in total. The molecule has 1 aromatic rings. The smallest absolute Gasteiger partial charge is 0.258 e. The van der Waals surface area contributed by atoms with Gasteiger partial charge in [0.1, 0.15) is 6.26 Å². The van der Waals surface area contributed by atoms with Gasteiger partial charge in [0.2, 0.25) is 5.03 Å². The standard InChI is InChI=1S/C3H4N2O3S/c4-9(6,7)3-1-8-2-5-3/h1-2H,(H2,4,6,7). The molecule has 0 aliphatic rings. The van der Waals surface area contributed by atoms with Crippen molar-refractivity contribution in [2.45, 2.75) is 5.03 Å². The van der Waals surface area contributed by atoms with Gasteiger partial charge in [-0.1, -0.05) is 0 Å². The van der Waals surface area contributed by atoms with E-state index in [4.69, 9.17) is 0 Å². The molecule has 6 heteroatoms. The summed E-state index contributed by atoms with van der Waals surface area (Å²) < 4.78 is 25.1. The SMILES string of the molecule is NS(=O)(=O)c1cocn1. The average Bonchev–Trinajstić information content (AvgIpc) is 2.08. The van der Waals surface area contributed by atoms with Crippen LogP contribution < -0.4 is 5.14 Å². The average molecular weight is 148 g/mol. The molecule has 0 saturated carbocycles. The first-order valence-corrected chi connectivity index (χ1v) is 3.56. The molecule has 50 valence electrons. The van der Waals surface area contributed by atoms with Gasteiger partial charge < -0.3 is 4.42 Å². The minimum Gasteiger partial charge on any atom is -0.450 e. The molecule has 0 spiro atoms. The van der Waals surface area contributed by atoms with Crippen molar-refractivity contribution in [1.29, 1.82) is 0 Å². The summed E-state index contributed by atoms with van der Waals surface area (Å²) in [5.74, 6) is 0. The molecule has 0 atom stereocenters. The fourth-order valence-electron chi connectivity index (χ4n) is 0.342. The Morgan fingerprint density at radius 2 is 2.33 bits per heavy atom. The van der Waals surface area contributed by atoms with Crippen LogP contribution in [0.5, 0.6) is 0 Å². The highest BCUT2D eigenvalue weighted by atomic mass is 32.2. The van der Waals surface area contributed by atoms with Crippen LogP contribution in [0.3, 0.4) is 0 Å². The van der Waals surface area contributed by atoms with Crippen molar-refractivity contribution in [3.63, 3.8) is 0 Å². The highest BCUT2D eigenvalue weighted by Gasteiger charge is 2.08. The van der Waals surface area contributed by atoms with E-state index in [1.807, 2.05) is 0 Å². The van der Waals surface area contributed by atoms with E-state index in [2.05, 4.69) is 14.5 Å². The van der Waals surface area contributed by atoms with E-state index in [0.29, 0.717) is 0 Å². The summed E-state index contributed by atoms with van der Waals surface area (Å²) in [6.07, 6.45) is 1.97. The van der Waals surface area contributed by atoms with Gasteiger partial charge in [-0.2, -0.15) is 0 Å². The summed E-state index contributed by atoms with van der Waals surface area (Å²) in [6, 6.07) is 0. The van der Waals surface area contributed by atoms with Gasteiger partial charge in [0.15, 0.2) is 6.39 Å². The molecule has 0 aliphatic heterocycles. The van der Waals surface area contributed by atoms with Crippen molar-refractivity contribution in [2.75, 3.05) is 0 Å². The van der Waals surface area contributed by atoms with E-state index in [-0.39, 0.29) is 5.03 Å². The van der Waals surface area contributed by atoms with Crippen LogP contribution in [0, 0.1) is 0 Å². The minimum atomic E-state index is -3.66. The molecule has 5 nitrogen and oxygen atoms in total. The molecular formula is C3H4N2O3S. The predicted octanol–water partition coefficient (Wildman–Crippen LogP) is -0.678. The van der Waals surface area contributed by atoms with Crippen LogP contribution in [0.15, 0.2) is 22.1 Å². The Morgan fingerprint density at radius 3 is 2.56 bits per heavy atom. The lowest BCUT2D eigenvalue weighted by atomic mass is 11.0. The summed E-state index contributed by atoms with van der Waals surface area (Å²) in [6.45, 7) is 0. The predicted molar refractivity (Wildman–Crippen MR) is 27.9 cm³/mol. The largest absolute Gasteiger partial charge is 0.450 e. The molecule has 0 aliphatic carbocycles. The summed E-state index contributed by atoms with van der Waals surface area (Å²) in [7, 11) is -3.66. The monoisotopic (exact) mass is 148 g/mol. The number of primary sulfonamides is 1. The molecule has 0 unspecified atom stereocenters. The van der Waals surface area contributed by atoms with Gasteiger partial charge in [-0.05, 0) is 0 Å². The number of nitrogens with zero attached hydrogens (tertiary/aromatic N) is 1. The van der Waals surface area contributed by atoms with Gasteiger partial charge in [0, 0.05) is 0 Å². The Balaban J connectivity index is 3.20. The second kappa shape index (κ2) is 1.82. The fraction of sp³-hybridized carbons (Fsp3) is 0. The number of oxazole rings is 1. The zero-order valence-corrected chi connectivity index (χ0v) is 5.13. The van der Waals surface area contributed by atoms with Gasteiger partial charge in [-0.3, -0.25) is 0 Å². The van der Waals surface area contributed by atoms with Crippen molar-refractivity contribution < 1.29 is 12.8 Å². The van der Waals surface area contributed by atoms with E-state index in [1.54, 1.807) is 0 Å². The molecule has 0 amide bonds. The first-order chi connectivity index (χ1) is 4.11. The number of nitrogens with two attached hydrogens (primary N) is 1. The Bertz CT molecular complexity index is 274. The van der Waals surface area contributed by atoms with Crippen LogP contribution >= 0.6 is 0 Å². The van der Waals surface area contributed by atoms with Crippen LogP contribution in [-0.4, -0.2) is 13.4 Å². The van der Waals surface area contributed by atoms with Crippen molar-refractivity contribution in [3.05, 3.63) is 12.7 Å². The summed E-state index contributed by atoms with van der Waals surface area (Å²) >= 11 is 0. The van der Waals surface area contributed by atoms with Crippen LogP contribution in [0.25, 0.3) is 0 Å². The molecule has 9 heavy (non-hydrogen) atoms. The highest BCUT2D eigenvalue weighted by molar-refractivity contribution is 7.89. The zero-order valence-electron chi connectivity index (χ0n) is 4.31. The molecule has 1 rings (SSSR count). The van der Waals surface area contributed by atoms with E-state index < -0.39 is 10.0 Å². The van der Waals surface area contributed by atoms with Gasteiger partial charge in [0.25, 0.3) is 10.0 Å². The molecule has 0 aromatic carbocycles. The third kappa shape index (κ3) is 1.27. The number of rotatable bonds is 1. The van der Waals surface area contributed by atoms with Gasteiger partial charge in [-0.25, -0.2) is 18.5 Å². The first-order valence-electron chi connectivity index (χ1n) is 2.02. The second-order valence-electron chi connectivity index (χ2n) is 1.37.